The molecule has 2 aromatic rings. The van der Waals surface area contributed by atoms with Gasteiger partial charge in [-0.15, -0.1) is 4.72 Å². The summed E-state index contributed by atoms with van der Waals surface area (Å²) in [6.07, 6.45) is 1.27. The SMILES string of the molecule is CC(N[S+]([O-])C(C)(C)C)c1cnc2n1C[C@H](c1cccc(F)c1F)CC[C@H]2NC(=O)O. The molecule has 0 aliphatic carbocycles. The highest BCUT2D eigenvalue weighted by Gasteiger charge is 2.33. The van der Waals surface area contributed by atoms with E-state index in [-0.39, 0.29) is 17.5 Å². The molecule has 1 aromatic carbocycles. The van der Waals surface area contributed by atoms with Crippen molar-refractivity contribution >= 4 is 17.5 Å². The third-order valence-corrected chi connectivity index (χ3v) is 7.12. The molecule has 3 rings (SSSR count). The Morgan fingerprint density at radius 2 is 2.06 bits per heavy atom. The van der Waals surface area contributed by atoms with Crippen molar-refractivity contribution in [2.45, 2.75) is 69.8 Å². The Morgan fingerprint density at radius 3 is 2.71 bits per heavy atom. The normalized spacial score (nSPS) is 21.1. The van der Waals surface area contributed by atoms with Crippen molar-refractivity contribution < 1.29 is 23.2 Å². The summed E-state index contributed by atoms with van der Waals surface area (Å²) in [6.45, 7) is 7.72. The maximum absolute atomic E-state index is 14.5. The molecule has 3 N–H and O–H groups in total. The maximum Gasteiger partial charge on any atom is 0.405 e. The Bertz CT molecular complexity index is 947. The Kier molecular flexibility index (Phi) is 6.92. The molecule has 0 radical (unpaired) electrons. The zero-order chi connectivity index (χ0) is 22.9. The van der Waals surface area contributed by atoms with Gasteiger partial charge in [-0.3, -0.25) is 0 Å². The molecular formula is C21H28F2N4O3S. The van der Waals surface area contributed by atoms with Gasteiger partial charge in [0.05, 0.1) is 24.0 Å². The fraction of sp³-hybridized carbons (Fsp3) is 0.524. The number of imidazole rings is 1. The van der Waals surface area contributed by atoms with Gasteiger partial charge in [0, 0.05) is 23.8 Å². The molecule has 170 valence electrons. The third-order valence-electron chi connectivity index (χ3n) is 5.44. The average molecular weight is 455 g/mol. The van der Waals surface area contributed by atoms with Gasteiger partial charge in [-0.05, 0) is 52.2 Å². The topological polar surface area (TPSA) is 102 Å². The smallest absolute Gasteiger partial charge is 0.405 e. The minimum Gasteiger partial charge on any atom is -0.598 e. The number of rotatable bonds is 5. The van der Waals surface area contributed by atoms with Crippen LogP contribution in [0.3, 0.4) is 0 Å². The number of hydrogen-bond donors (Lipinski definition) is 3. The average Bonchev–Trinajstić information content (AvgIpc) is 3.01. The molecule has 1 amide bonds. The van der Waals surface area contributed by atoms with Gasteiger partial charge in [0.25, 0.3) is 0 Å². The van der Waals surface area contributed by atoms with E-state index in [0.29, 0.717) is 30.9 Å². The van der Waals surface area contributed by atoms with E-state index in [2.05, 4.69) is 15.0 Å². The van der Waals surface area contributed by atoms with Crippen LogP contribution in [0.25, 0.3) is 0 Å². The van der Waals surface area contributed by atoms with E-state index in [0.717, 1.165) is 6.07 Å². The van der Waals surface area contributed by atoms with Crippen molar-refractivity contribution in [2.75, 3.05) is 0 Å². The van der Waals surface area contributed by atoms with Crippen molar-refractivity contribution in [2.24, 2.45) is 0 Å². The Hall–Kier alpha value is -2.17. The van der Waals surface area contributed by atoms with Crippen molar-refractivity contribution in [3.05, 3.63) is 53.1 Å². The number of fused-ring (bicyclic) bond motifs is 1. The van der Waals surface area contributed by atoms with Crippen LogP contribution in [-0.2, 0) is 17.9 Å². The Balaban J connectivity index is 1.98. The molecular weight excluding hydrogens is 426 g/mol. The summed E-state index contributed by atoms with van der Waals surface area (Å²) in [7, 11) is 0. The van der Waals surface area contributed by atoms with Crippen LogP contribution in [0.1, 0.15) is 75.6 Å². The van der Waals surface area contributed by atoms with Crippen LogP contribution in [0.15, 0.2) is 24.4 Å². The van der Waals surface area contributed by atoms with Gasteiger partial charge in [0.2, 0.25) is 0 Å². The molecule has 4 atom stereocenters. The molecule has 1 aliphatic heterocycles. The van der Waals surface area contributed by atoms with Crippen LogP contribution in [0.2, 0.25) is 0 Å². The minimum atomic E-state index is -1.34. The molecule has 1 aromatic heterocycles. The Labute approximate surface area is 183 Å². The van der Waals surface area contributed by atoms with Crippen LogP contribution >= 0.6 is 0 Å². The van der Waals surface area contributed by atoms with Gasteiger partial charge in [-0.25, -0.2) is 18.6 Å². The van der Waals surface area contributed by atoms with Gasteiger partial charge in [-0.1, -0.05) is 12.1 Å². The number of aromatic nitrogens is 2. The zero-order valence-corrected chi connectivity index (χ0v) is 18.8. The number of amides is 1. The first kappa shape index (κ1) is 23.5. The van der Waals surface area contributed by atoms with Gasteiger partial charge in [-0.2, -0.15) is 0 Å². The first-order chi connectivity index (χ1) is 14.5. The molecule has 7 nitrogen and oxygen atoms in total. The number of hydrogen-bond acceptors (Lipinski definition) is 4. The number of benzene rings is 1. The van der Waals surface area contributed by atoms with Gasteiger partial charge in [0.1, 0.15) is 10.6 Å². The van der Waals surface area contributed by atoms with Crippen molar-refractivity contribution in [1.82, 2.24) is 19.6 Å². The summed E-state index contributed by atoms with van der Waals surface area (Å²) in [5, 5.41) is 11.7. The number of carboxylic acid groups (broad SMARTS) is 1. The second-order valence-corrected chi connectivity index (χ2v) is 10.8. The van der Waals surface area contributed by atoms with Crippen LogP contribution in [-0.4, -0.2) is 30.1 Å². The molecule has 0 bridgehead atoms. The molecule has 1 aliphatic rings. The number of halogens is 2. The predicted octanol–water partition coefficient (Wildman–Crippen LogP) is 4.16. The lowest BCUT2D eigenvalue weighted by Gasteiger charge is -2.27. The van der Waals surface area contributed by atoms with Crippen molar-refractivity contribution in [1.29, 1.82) is 0 Å². The molecule has 0 spiro atoms. The lowest BCUT2D eigenvalue weighted by Crippen LogP contribution is -2.41. The van der Waals surface area contributed by atoms with E-state index in [9.17, 15) is 23.2 Å². The highest BCUT2D eigenvalue weighted by Crippen LogP contribution is 2.36. The summed E-state index contributed by atoms with van der Waals surface area (Å²) in [6, 6.07) is 3.15. The predicted molar refractivity (Wildman–Crippen MR) is 114 cm³/mol. The molecule has 0 fully saturated rings. The van der Waals surface area contributed by atoms with Crippen molar-refractivity contribution in [3.63, 3.8) is 0 Å². The van der Waals surface area contributed by atoms with Crippen LogP contribution < -0.4 is 10.0 Å². The molecule has 31 heavy (non-hydrogen) atoms. The first-order valence-corrected chi connectivity index (χ1v) is 11.3. The number of nitrogens with zero attached hydrogens (tertiary/aromatic N) is 2. The molecule has 2 heterocycles. The highest BCUT2D eigenvalue weighted by atomic mass is 32.2. The fourth-order valence-electron chi connectivity index (χ4n) is 3.81. The van der Waals surface area contributed by atoms with Gasteiger partial charge < -0.3 is 19.5 Å². The standard InChI is InChI=1S/C21H28F2N4O3S/c1-12(26-31(30)21(2,3)4)17-10-24-19-16(25-20(28)29)9-8-13(11-27(17)19)14-6-5-7-15(22)18(14)23/h5-7,10,12-13,16,25-26H,8-9,11H2,1-4H3,(H,28,29)/t12?,13-,16-,31?/m1/s1. The van der Waals surface area contributed by atoms with E-state index < -0.39 is 39.9 Å². The third kappa shape index (κ3) is 5.19. The Morgan fingerprint density at radius 1 is 1.35 bits per heavy atom. The zero-order valence-electron chi connectivity index (χ0n) is 18.0. The minimum absolute atomic E-state index is 0.250. The summed E-state index contributed by atoms with van der Waals surface area (Å²) in [5.41, 5.74) is 0.953. The van der Waals surface area contributed by atoms with E-state index in [1.54, 1.807) is 12.3 Å². The summed E-state index contributed by atoms with van der Waals surface area (Å²) in [5.74, 6) is -1.67. The molecule has 0 saturated carbocycles. The summed E-state index contributed by atoms with van der Waals surface area (Å²) in [4.78, 5) is 15.8. The lowest BCUT2D eigenvalue weighted by atomic mass is 9.92. The quantitative estimate of drug-likeness (QED) is 0.589. The highest BCUT2D eigenvalue weighted by molar-refractivity contribution is 7.90. The van der Waals surface area contributed by atoms with E-state index in [1.807, 2.05) is 32.3 Å². The van der Waals surface area contributed by atoms with Gasteiger partial charge in [0.15, 0.2) is 11.6 Å². The van der Waals surface area contributed by atoms with E-state index in [1.165, 1.54) is 6.07 Å². The van der Waals surface area contributed by atoms with Crippen LogP contribution in [0.4, 0.5) is 13.6 Å². The monoisotopic (exact) mass is 454 g/mol. The van der Waals surface area contributed by atoms with Gasteiger partial charge >= 0.3 is 6.09 Å². The molecule has 10 heteroatoms. The molecule has 2 unspecified atom stereocenters. The van der Waals surface area contributed by atoms with Crippen LogP contribution in [0.5, 0.6) is 0 Å². The molecule has 0 saturated heterocycles. The maximum atomic E-state index is 14.5. The number of nitrogens with one attached hydrogen (secondary N) is 2. The van der Waals surface area contributed by atoms with Crippen molar-refractivity contribution in [3.8, 4) is 0 Å². The fourth-order valence-corrected chi connectivity index (χ4v) is 4.60. The van der Waals surface area contributed by atoms with E-state index in [4.69, 9.17) is 0 Å². The van der Waals surface area contributed by atoms with Crippen LogP contribution in [0, 0.1) is 11.6 Å². The lowest BCUT2D eigenvalue weighted by molar-refractivity contribution is 0.188. The second-order valence-electron chi connectivity index (χ2n) is 8.79. The summed E-state index contributed by atoms with van der Waals surface area (Å²) >= 11 is -1.34. The summed E-state index contributed by atoms with van der Waals surface area (Å²) < 4.78 is 45.4. The second kappa shape index (κ2) is 9.13. The number of carbonyl (C=O) groups is 1. The van der Waals surface area contributed by atoms with E-state index >= 15 is 0 Å². The largest absolute Gasteiger partial charge is 0.598 e. The first-order valence-electron chi connectivity index (χ1n) is 10.2.